The fourth-order valence-electron chi connectivity index (χ4n) is 2.19. The zero-order chi connectivity index (χ0) is 13.9. The second kappa shape index (κ2) is 5.38. The van der Waals surface area contributed by atoms with Crippen LogP contribution >= 0.6 is 0 Å². The van der Waals surface area contributed by atoms with Gasteiger partial charge in [-0.05, 0) is 38.4 Å². The van der Waals surface area contributed by atoms with Crippen LogP contribution in [0.3, 0.4) is 0 Å². The van der Waals surface area contributed by atoms with Crippen molar-refractivity contribution in [3.8, 4) is 11.4 Å². The van der Waals surface area contributed by atoms with Gasteiger partial charge in [-0.25, -0.2) is 9.97 Å². The van der Waals surface area contributed by atoms with E-state index in [0.29, 0.717) is 0 Å². The van der Waals surface area contributed by atoms with E-state index >= 15 is 0 Å². The summed E-state index contributed by atoms with van der Waals surface area (Å²) in [6, 6.07) is 7.87. The first-order valence-corrected chi connectivity index (χ1v) is 6.62. The second-order valence-corrected chi connectivity index (χ2v) is 4.98. The van der Waals surface area contributed by atoms with E-state index in [4.69, 9.17) is 4.98 Å². The average molecular weight is 267 g/mol. The third-order valence-corrected chi connectivity index (χ3v) is 3.19. The Morgan fingerprint density at radius 3 is 2.75 bits per heavy atom. The van der Waals surface area contributed by atoms with Gasteiger partial charge in [-0.1, -0.05) is 0 Å². The molecule has 0 aromatic carbocycles. The summed E-state index contributed by atoms with van der Waals surface area (Å²) in [5, 5.41) is 0. The molecule has 0 saturated heterocycles. The Balaban J connectivity index is 2.12. The summed E-state index contributed by atoms with van der Waals surface area (Å²) >= 11 is 0. The van der Waals surface area contributed by atoms with Gasteiger partial charge in [0.2, 0.25) is 0 Å². The van der Waals surface area contributed by atoms with Gasteiger partial charge in [-0.15, -0.1) is 0 Å². The Hall–Kier alpha value is -2.27. The number of fused-ring (bicyclic) bond motifs is 1. The normalized spacial score (nSPS) is 11.3. The monoisotopic (exact) mass is 267 g/mol. The number of hydrogen-bond donors (Lipinski definition) is 0. The topological polar surface area (TPSA) is 46.8 Å². The summed E-state index contributed by atoms with van der Waals surface area (Å²) < 4.78 is 2.16. The summed E-state index contributed by atoms with van der Waals surface area (Å²) in [6.45, 7) is 1.79. The predicted molar refractivity (Wildman–Crippen MR) is 79.3 cm³/mol. The number of likely N-dealkylation sites (N-methyl/N-ethyl adjacent to an activating group) is 1. The molecule has 0 aliphatic carbocycles. The molecule has 0 fully saturated rings. The van der Waals surface area contributed by atoms with E-state index < -0.39 is 0 Å². The van der Waals surface area contributed by atoms with Crippen LogP contribution in [-0.2, 0) is 6.54 Å². The molecule has 0 saturated carbocycles. The summed E-state index contributed by atoms with van der Waals surface area (Å²) in [7, 11) is 4.13. The molecule has 5 nitrogen and oxygen atoms in total. The highest BCUT2D eigenvalue weighted by molar-refractivity contribution is 5.76. The number of rotatable bonds is 4. The van der Waals surface area contributed by atoms with Gasteiger partial charge in [0.1, 0.15) is 11.3 Å². The Bertz CT molecular complexity index is 703. The quantitative estimate of drug-likeness (QED) is 0.726. The zero-order valence-corrected chi connectivity index (χ0v) is 11.7. The van der Waals surface area contributed by atoms with Crippen LogP contribution in [0.2, 0.25) is 0 Å². The molecule has 3 heterocycles. The van der Waals surface area contributed by atoms with Crippen molar-refractivity contribution in [3.63, 3.8) is 0 Å². The molecule has 0 radical (unpaired) electrons. The molecule has 0 atom stereocenters. The van der Waals surface area contributed by atoms with E-state index in [1.54, 1.807) is 6.20 Å². The van der Waals surface area contributed by atoms with E-state index in [9.17, 15) is 0 Å². The number of imidazole rings is 1. The standard InChI is InChI=1S/C15H17N5/c1-19(2)9-10-20-14(12-5-3-7-16-11-12)18-13-6-4-8-17-15(13)20/h3-8,11H,9-10H2,1-2H3. The minimum Gasteiger partial charge on any atom is -0.308 e. The van der Waals surface area contributed by atoms with Crippen molar-refractivity contribution >= 4 is 11.2 Å². The summed E-state index contributed by atoms with van der Waals surface area (Å²) in [5.41, 5.74) is 2.86. The average Bonchev–Trinajstić information content (AvgIpc) is 2.84. The van der Waals surface area contributed by atoms with Crippen LogP contribution in [0.4, 0.5) is 0 Å². The lowest BCUT2D eigenvalue weighted by Gasteiger charge is -2.12. The lowest BCUT2D eigenvalue weighted by Crippen LogP contribution is -2.19. The fraction of sp³-hybridized carbons (Fsp3) is 0.267. The van der Waals surface area contributed by atoms with Crippen LogP contribution in [0.25, 0.3) is 22.6 Å². The van der Waals surface area contributed by atoms with Crippen molar-refractivity contribution < 1.29 is 0 Å². The van der Waals surface area contributed by atoms with E-state index in [1.807, 2.05) is 36.7 Å². The maximum atomic E-state index is 4.70. The molecule has 0 spiro atoms. The fourth-order valence-corrected chi connectivity index (χ4v) is 2.19. The molecule has 102 valence electrons. The molecule has 0 unspecified atom stereocenters. The third-order valence-electron chi connectivity index (χ3n) is 3.19. The number of aromatic nitrogens is 4. The largest absolute Gasteiger partial charge is 0.308 e. The number of hydrogen-bond acceptors (Lipinski definition) is 4. The molecule has 0 aliphatic heterocycles. The number of nitrogens with zero attached hydrogens (tertiary/aromatic N) is 5. The smallest absolute Gasteiger partial charge is 0.160 e. The first-order valence-electron chi connectivity index (χ1n) is 6.62. The lowest BCUT2D eigenvalue weighted by molar-refractivity contribution is 0.387. The minimum absolute atomic E-state index is 0.852. The SMILES string of the molecule is CN(C)CCn1c(-c2cccnc2)nc2cccnc21. The van der Waals surface area contributed by atoms with Crippen molar-refractivity contribution in [1.29, 1.82) is 0 Å². The van der Waals surface area contributed by atoms with Gasteiger partial charge in [0, 0.05) is 37.2 Å². The van der Waals surface area contributed by atoms with Crippen molar-refractivity contribution in [2.24, 2.45) is 0 Å². The molecular formula is C15H17N5. The molecule has 3 aromatic rings. The Labute approximate surface area is 117 Å². The highest BCUT2D eigenvalue weighted by Gasteiger charge is 2.13. The minimum atomic E-state index is 0.852. The second-order valence-electron chi connectivity index (χ2n) is 4.98. The molecule has 0 bridgehead atoms. The van der Waals surface area contributed by atoms with Gasteiger partial charge in [-0.2, -0.15) is 0 Å². The van der Waals surface area contributed by atoms with Gasteiger partial charge < -0.3 is 9.47 Å². The van der Waals surface area contributed by atoms with E-state index in [1.165, 1.54) is 0 Å². The first kappa shape index (κ1) is 12.7. The van der Waals surface area contributed by atoms with Gasteiger partial charge in [0.05, 0.1) is 0 Å². The summed E-state index contributed by atoms with van der Waals surface area (Å²) in [4.78, 5) is 15.5. The summed E-state index contributed by atoms with van der Waals surface area (Å²) in [6.07, 6.45) is 5.42. The maximum absolute atomic E-state index is 4.70. The molecule has 0 aliphatic rings. The predicted octanol–water partition coefficient (Wildman–Crippen LogP) is 2.05. The summed E-state index contributed by atoms with van der Waals surface area (Å²) in [5.74, 6) is 0.925. The molecule has 0 N–H and O–H groups in total. The number of pyridine rings is 2. The van der Waals surface area contributed by atoms with Gasteiger partial charge in [0.25, 0.3) is 0 Å². The molecule has 0 amide bonds. The highest BCUT2D eigenvalue weighted by Crippen LogP contribution is 2.22. The molecular weight excluding hydrogens is 250 g/mol. The van der Waals surface area contributed by atoms with Crippen LogP contribution in [-0.4, -0.2) is 45.1 Å². The Morgan fingerprint density at radius 2 is 2.00 bits per heavy atom. The van der Waals surface area contributed by atoms with Crippen molar-refractivity contribution in [3.05, 3.63) is 42.9 Å². The molecule has 5 heteroatoms. The molecule has 3 rings (SSSR count). The van der Waals surface area contributed by atoms with Crippen LogP contribution in [0.5, 0.6) is 0 Å². The highest BCUT2D eigenvalue weighted by atomic mass is 15.2. The molecule has 3 aromatic heterocycles. The van der Waals surface area contributed by atoms with E-state index in [2.05, 4.69) is 33.5 Å². The Kier molecular flexibility index (Phi) is 3.43. The first-order chi connectivity index (χ1) is 9.75. The maximum Gasteiger partial charge on any atom is 0.160 e. The van der Waals surface area contributed by atoms with E-state index in [-0.39, 0.29) is 0 Å². The Morgan fingerprint density at radius 1 is 1.15 bits per heavy atom. The van der Waals surface area contributed by atoms with Crippen molar-refractivity contribution in [2.75, 3.05) is 20.6 Å². The van der Waals surface area contributed by atoms with Crippen LogP contribution < -0.4 is 0 Å². The van der Waals surface area contributed by atoms with Crippen LogP contribution in [0.1, 0.15) is 0 Å². The third kappa shape index (κ3) is 2.40. The van der Waals surface area contributed by atoms with Crippen molar-refractivity contribution in [2.45, 2.75) is 6.54 Å². The van der Waals surface area contributed by atoms with Crippen LogP contribution in [0.15, 0.2) is 42.9 Å². The van der Waals surface area contributed by atoms with E-state index in [0.717, 1.165) is 35.6 Å². The van der Waals surface area contributed by atoms with Gasteiger partial charge in [-0.3, -0.25) is 4.98 Å². The van der Waals surface area contributed by atoms with Gasteiger partial charge in [0.15, 0.2) is 5.65 Å². The zero-order valence-electron chi connectivity index (χ0n) is 11.7. The van der Waals surface area contributed by atoms with Gasteiger partial charge >= 0.3 is 0 Å². The van der Waals surface area contributed by atoms with Crippen molar-refractivity contribution in [1.82, 2.24) is 24.4 Å². The van der Waals surface area contributed by atoms with Crippen LogP contribution in [0, 0.1) is 0 Å². The molecule has 20 heavy (non-hydrogen) atoms. The lowest BCUT2D eigenvalue weighted by atomic mass is 10.3.